The van der Waals surface area contributed by atoms with Crippen LogP contribution in [0, 0.1) is 6.92 Å². The largest absolute Gasteiger partial charge is 0.326 e. The van der Waals surface area contributed by atoms with E-state index in [9.17, 15) is 4.79 Å². The van der Waals surface area contributed by atoms with Gasteiger partial charge in [0.15, 0.2) is 0 Å². The molecule has 0 saturated heterocycles. The van der Waals surface area contributed by atoms with Crippen molar-refractivity contribution in [1.82, 2.24) is 0 Å². The highest BCUT2D eigenvalue weighted by Crippen LogP contribution is 2.23. The van der Waals surface area contributed by atoms with Crippen LogP contribution in [0.5, 0.6) is 0 Å². The van der Waals surface area contributed by atoms with E-state index in [4.69, 9.17) is 34.8 Å². The summed E-state index contributed by atoms with van der Waals surface area (Å²) < 4.78 is 0. The van der Waals surface area contributed by atoms with Gasteiger partial charge in [0.05, 0.1) is 0 Å². The lowest BCUT2D eigenvalue weighted by Gasteiger charge is -2.09. The minimum atomic E-state index is -0.0774. The number of hydrogen-bond acceptors (Lipinski definition) is 1. The third kappa shape index (κ3) is 4.63. The van der Waals surface area contributed by atoms with Crippen molar-refractivity contribution in [2.24, 2.45) is 0 Å². The van der Waals surface area contributed by atoms with Gasteiger partial charge in [-0.2, -0.15) is 0 Å². The van der Waals surface area contributed by atoms with Crippen molar-refractivity contribution in [3.8, 4) is 0 Å². The Morgan fingerprint density at radius 1 is 1.05 bits per heavy atom. The molecule has 2 nitrogen and oxygen atoms in total. The van der Waals surface area contributed by atoms with Gasteiger partial charge >= 0.3 is 0 Å². The van der Waals surface area contributed by atoms with Gasteiger partial charge in [0, 0.05) is 27.2 Å². The van der Waals surface area contributed by atoms with Crippen molar-refractivity contribution in [3.63, 3.8) is 0 Å². The molecular formula is C16H14Cl3NO. The molecule has 0 heterocycles. The summed E-state index contributed by atoms with van der Waals surface area (Å²) in [4.78, 5) is 12.0. The summed E-state index contributed by atoms with van der Waals surface area (Å²) in [5.41, 5.74) is 2.60. The van der Waals surface area contributed by atoms with E-state index in [0.717, 1.165) is 16.8 Å². The van der Waals surface area contributed by atoms with Crippen LogP contribution in [-0.2, 0) is 11.2 Å². The Labute approximate surface area is 139 Å². The number of rotatable bonds is 4. The number of carbonyl (C=O) groups excluding carboxylic acids is 1. The molecule has 110 valence electrons. The van der Waals surface area contributed by atoms with Gasteiger partial charge in [-0.05, 0) is 48.7 Å². The van der Waals surface area contributed by atoms with Gasteiger partial charge in [0.1, 0.15) is 0 Å². The molecule has 1 N–H and O–H groups in total. The third-order valence-corrected chi connectivity index (χ3v) is 3.93. The summed E-state index contributed by atoms with van der Waals surface area (Å²) in [5.74, 6) is -0.0774. The molecule has 0 atom stereocenters. The first kappa shape index (κ1) is 16.2. The van der Waals surface area contributed by atoms with Gasteiger partial charge in [-0.3, -0.25) is 4.79 Å². The number of benzene rings is 2. The smallest absolute Gasteiger partial charge is 0.224 e. The van der Waals surface area contributed by atoms with E-state index in [1.165, 1.54) is 0 Å². The molecule has 0 radical (unpaired) electrons. The maximum Gasteiger partial charge on any atom is 0.224 e. The van der Waals surface area contributed by atoms with Crippen molar-refractivity contribution in [2.75, 3.05) is 5.32 Å². The maximum atomic E-state index is 12.0. The highest BCUT2D eigenvalue weighted by Gasteiger charge is 2.08. The molecule has 2 aromatic carbocycles. The SMILES string of the molecule is Cc1ccc(Cl)cc1NC(=O)CCc1ccc(Cl)cc1Cl. The topological polar surface area (TPSA) is 29.1 Å². The Morgan fingerprint density at radius 3 is 2.43 bits per heavy atom. The fraction of sp³-hybridized carbons (Fsp3) is 0.188. The molecule has 0 spiro atoms. The summed E-state index contributed by atoms with van der Waals surface area (Å²) in [5, 5.41) is 4.62. The van der Waals surface area contributed by atoms with Crippen LogP contribution in [0.3, 0.4) is 0 Å². The number of anilines is 1. The zero-order valence-corrected chi connectivity index (χ0v) is 13.7. The molecule has 5 heteroatoms. The summed E-state index contributed by atoms with van der Waals surface area (Å²) in [6, 6.07) is 10.7. The molecular weight excluding hydrogens is 329 g/mol. The standard InChI is InChI=1S/C16H14Cl3NO/c1-10-2-5-13(18)9-15(10)20-16(21)7-4-11-3-6-12(17)8-14(11)19/h2-3,5-6,8-9H,4,7H2,1H3,(H,20,21). The molecule has 21 heavy (non-hydrogen) atoms. The average Bonchev–Trinajstić information content (AvgIpc) is 2.42. The summed E-state index contributed by atoms with van der Waals surface area (Å²) >= 11 is 17.9. The lowest BCUT2D eigenvalue weighted by molar-refractivity contribution is -0.116. The maximum absolute atomic E-state index is 12.0. The molecule has 0 unspecified atom stereocenters. The van der Waals surface area contributed by atoms with Crippen LogP contribution in [0.15, 0.2) is 36.4 Å². The number of halogens is 3. The summed E-state index contributed by atoms with van der Waals surface area (Å²) in [6.45, 7) is 1.92. The summed E-state index contributed by atoms with van der Waals surface area (Å²) in [7, 11) is 0. The van der Waals surface area contributed by atoms with Crippen molar-refractivity contribution in [1.29, 1.82) is 0 Å². The van der Waals surface area contributed by atoms with Crippen molar-refractivity contribution >= 4 is 46.4 Å². The predicted molar refractivity (Wildman–Crippen MR) is 89.6 cm³/mol. The molecule has 0 saturated carbocycles. The monoisotopic (exact) mass is 341 g/mol. The van der Waals surface area contributed by atoms with Gasteiger partial charge in [-0.1, -0.05) is 46.9 Å². The lowest BCUT2D eigenvalue weighted by Crippen LogP contribution is -2.13. The highest BCUT2D eigenvalue weighted by molar-refractivity contribution is 6.35. The average molecular weight is 343 g/mol. The van der Waals surface area contributed by atoms with Gasteiger partial charge < -0.3 is 5.32 Å². The lowest BCUT2D eigenvalue weighted by atomic mass is 10.1. The molecule has 0 aliphatic carbocycles. The first-order valence-electron chi connectivity index (χ1n) is 6.45. The van der Waals surface area contributed by atoms with Crippen LogP contribution in [0.2, 0.25) is 15.1 Å². The molecule has 0 fully saturated rings. The number of amides is 1. The van der Waals surface area contributed by atoms with Crippen molar-refractivity contribution in [3.05, 3.63) is 62.6 Å². The minimum absolute atomic E-state index is 0.0774. The quantitative estimate of drug-likeness (QED) is 0.778. The van der Waals surface area contributed by atoms with Crippen molar-refractivity contribution < 1.29 is 4.79 Å². The molecule has 1 amide bonds. The number of carbonyl (C=O) groups is 1. The first-order valence-corrected chi connectivity index (χ1v) is 7.59. The predicted octanol–water partition coefficient (Wildman–Crippen LogP) is 5.53. The number of nitrogens with one attached hydrogen (secondary N) is 1. The normalized spacial score (nSPS) is 10.5. The highest BCUT2D eigenvalue weighted by atomic mass is 35.5. The second-order valence-corrected chi connectivity index (χ2v) is 6.02. The molecule has 2 aromatic rings. The van der Waals surface area contributed by atoms with Gasteiger partial charge in [0.2, 0.25) is 5.91 Å². The zero-order chi connectivity index (χ0) is 15.4. The molecule has 2 rings (SSSR count). The van der Waals surface area contributed by atoms with E-state index in [0.29, 0.717) is 27.9 Å². The fourth-order valence-electron chi connectivity index (χ4n) is 1.91. The van der Waals surface area contributed by atoms with Crippen LogP contribution >= 0.6 is 34.8 Å². The third-order valence-electron chi connectivity index (χ3n) is 3.11. The number of hydrogen-bond donors (Lipinski definition) is 1. The molecule has 0 aromatic heterocycles. The molecule has 0 aliphatic rings. The molecule has 0 bridgehead atoms. The summed E-state index contributed by atoms with van der Waals surface area (Å²) in [6.07, 6.45) is 0.898. The Balaban J connectivity index is 1.97. The van der Waals surface area contributed by atoms with E-state index >= 15 is 0 Å². The first-order chi connectivity index (χ1) is 9.95. The van der Waals surface area contributed by atoms with E-state index in [2.05, 4.69) is 5.32 Å². The van der Waals surface area contributed by atoms with Crippen molar-refractivity contribution in [2.45, 2.75) is 19.8 Å². The Hall–Kier alpha value is -1.22. The Kier molecular flexibility index (Phi) is 5.51. The van der Waals surface area contributed by atoms with E-state index in [1.807, 2.05) is 19.1 Å². The Morgan fingerprint density at radius 2 is 1.71 bits per heavy atom. The van der Waals surface area contributed by atoms with E-state index in [-0.39, 0.29) is 5.91 Å². The van der Waals surface area contributed by atoms with Gasteiger partial charge in [-0.15, -0.1) is 0 Å². The van der Waals surface area contributed by atoms with Crippen LogP contribution < -0.4 is 5.32 Å². The van der Waals surface area contributed by atoms with Crippen LogP contribution in [0.25, 0.3) is 0 Å². The minimum Gasteiger partial charge on any atom is -0.326 e. The second kappa shape index (κ2) is 7.17. The van der Waals surface area contributed by atoms with Gasteiger partial charge in [0.25, 0.3) is 0 Å². The van der Waals surface area contributed by atoms with E-state index < -0.39 is 0 Å². The zero-order valence-electron chi connectivity index (χ0n) is 11.4. The van der Waals surface area contributed by atoms with E-state index in [1.54, 1.807) is 24.3 Å². The Bertz CT molecular complexity index is 671. The molecule has 0 aliphatic heterocycles. The fourth-order valence-corrected chi connectivity index (χ4v) is 2.59. The van der Waals surface area contributed by atoms with Gasteiger partial charge in [-0.25, -0.2) is 0 Å². The second-order valence-electron chi connectivity index (χ2n) is 4.74. The van der Waals surface area contributed by atoms with Crippen LogP contribution in [0.4, 0.5) is 5.69 Å². The number of aryl methyl sites for hydroxylation is 2. The van der Waals surface area contributed by atoms with Crippen LogP contribution in [0.1, 0.15) is 17.5 Å². The van der Waals surface area contributed by atoms with Crippen LogP contribution in [-0.4, -0.2) is 5.91 Å².